The number of rotatable bonds is 7. The van der Waals surface area contributed by atoms with Gasteiger partial charge in [0.05, 0.1) is 12.1 Å². The van der Waals surface area contributed by atoms with Crippen molar-refractivity contribution in [2.75, 3.05) is 26.7 Å². The number of benzene rings is 1. The average molecular weight is 494 g/mol. The predicted octanol–water partition coefficient (Wildman–Crippen LogP) is 3.50. The molecule has 2 N–H and O–H groups in total. The summed E-state index contributed by atoms with van der Waals surface area (Å²) in [6, 6.07) is 10.4. The van der Waals surface area contributed by atoms with Crippen LogP contribution in [-0.2, 0) is 12.6 Å². The largest absolute Gasteiger partial charge is 0.492 e. The van der Waals surface area contributed by atoms with Gasteiger partial charge in [0.2, 0.25) is 0 Å². The Bertz CT molecular complexity index is 694. The molecule has 0 aliphatic carbocycles. The van der Waals surface area contributed by atoms with Crippen molar-refractivity contribution in [3.05, 3.63) is 59.9 Å². The van der Waals surface area contributed by atoms with Crippen molar-refractivity contribution in [3.63, 3.8) is 0 Å². The summed E-state index contributed by atoms with van der Waals surface area (Å²) in [5, 5.41) is 6.23. The van der Waals surface area contributed by atoms with Crippen LogP contribution in [0.3, 0.4) is 0 Å². The Kier molecular flexibility index (Phi) is 9.90. The standard InChI is InChI=1S/C18H21F3N4O.HI/c1-22-17(24-11-9-15-4-2-3-10-23-15)25-12-13-26-16-7-5-14(6-8-16)18(19,20)21;/h2-8,10H,9,11-13H2,1H3,(H2,22,24,25);1H. The SMILES string of the molecule is CN=C(NCCOc1ccc(C(F)(F)F)cc1)NCCc1ccccn1.I. The molecule has 2 aromatic rings. The molecule has 0 spiro atoms. The minimum absolute atomic E-state index is 0. The molecule has 0 radical (unpaired) electrons. The molecule has 5 nitrogen and oxygen atoms in total. The minimum atomic E-state index is -4.34. The van der Waals surface area contributed by atoms with Crippen LogP contribution in [0.5, 0.6) is 5.75 Å². The van der Waals surface area contributed by atoms with E-state index in [9.17, 15) is 13.2 Å². The van der Waals surface area contributed by atoms with Gasteiger partial charge in [-0.15, -0.1) is 24.0 Å². The number of nitrogens with one attached hydrogen (secondary N) is 2. The lowest BCUT2D eigenvalue weighted by Crippen LogP contribution is -2.40. The Morgan fingerprint density at radius 2 is 1.78 bits per heavy atom. The highest BCUT2D eigenvalue weighted by Crippen LogP contribution is 2.30. The maximum Gasteiger partial charge on any atom is 0.416 e. The van der Waals surface area contributed by atoms with E-state index in [0.717, 1.165) is 24.2 Å². The molecule has 0 amide bonds. The Hall–Kier alpha value is -2.04. The van der Waals surface area contributed by atoms with Crippen LogP contribution in [0.1, 0.15) is 11.3 Å². The second-order valence-electron chi connectivity index (χ2n) is 5.37. The number of alkyl halides is 3. The van der Waals surface area contributed by atoms with Crippen LogP contribution in [-0.4, -0.2) is 37.7 Å². The van der Waals surface area contributed by atoms with Crippen molar-refractivity contribution in [1.82, 2.24) is 15.6 Å². The summed E-state index contributed by atoms with van der Waals surface area (Å²) in [6.07, 6.45) is -1.82. The van der Waals surface area contributed by atoms with Crippen LogP contribution in [0.2, 0.25) is 0 Å². The summed E-state index contributed by atoms with van der Waals surface area (Å²) < 4.78 is 42.9. The summed E-state index contributed by atoms with van der Waals surface area (Å²) in [5.41, 5.74) is 0.293. The summed E-state index contributed by atoms with van der Waals surface area (Å²) in [6.45, 7) is 1.44. The molecular formula is C18H22F3IN4O. The number of aromatic nitrogens is 1. The predicted molar refractivity (Wildman–Crippen MR) is 110 cm³/mol. The molecule has 1 heterocycles. The molecule has 27 heavy (non-hydrogen) atoms. The fourth-order valence-corrected chi connectivity index (χ4v) is 2.15. The number of aliphatic imine (C=N–C) groups is 1. The first-order valence-electron chi connectivity index (χ1n) is 8.13. The Morgan fingerprint density at radius 1 is 1.07 bits per heavy atom. The lowest BCUT2D eigenvalue weighted by atomic mass is 10.2. The molecule has 1 aromatic carbocycles. The summed E-state index contributed by atoms with van der Waals surface area (Å²) in [5.74, 6) is 1.01. The third-order valence-electron chi connectivity index (χ3n) is 3.47. The van der Waals surface area contributed by atoms with Crippen molar-refractivity contribution in [3.8, 4) is 5.75 Å². The van der Waals surface area contributed by atoms with Gasteiger partial charge in [0.15, 0.2) is 5.96 Å². The Morgan fingerprint density at radius 3 is 2.37 bits per heavy atom. The summed E-state index contributed by atoms with van der Waals surface area (Å²) >= 11 is 0. The topological polar surface area (TPSA) is 58.5 Å². The lowest BCUT2D eigenvalue weighted by Gasteiger charge is -2.13. The Balaban J connectivity index is 0.00000364. The van der Waals surface area contributed by atoms with E-state index in [1.807, 2.05) is 18.2 Å². The number of hydrogen-bond acceptors (Lipinski definition) is 3. The van der Waals surface area contributed by atoms with Gasteiger partial charge in [0.1, 0.15) is 12.4 Å². The van der Waals surface area contributed by atoms with E-state index in [4.69, 9.17) is 4.74 Å². The van der Waals surface area contributed by atoms with Gasteiger partial charge in [-0.3, -0.25) is 9.98 Å². The van der Waals surface area contributed by atoms with Crippen molar-refractivity contribution >= 4 is 29.9 Å². The first kappa shape index (κ1) is 23.0. The van der Waals surface area contributed by atoms with E-state index in [1.165, 1.54) is 12.1 Å². The van der Waals surface area contributed by atoms with E-state index in [0.29, 0.717) is 31.4 Å². The molecule has 0 unspecified atom stereocenters. The zero-order valence-corrected chi connectivity index (χ0v) is 17.1. The van der Waals surface area contributed by atoms with E-state index in [2.05, 4.69) is 20.6 Å². The number of ether oxygens (including phenoxy) is 1. The summed E-state index contributed by atoms with van der Waals surface area (Å²) in [4.78, 5) is 8.34. The van der Waals surface area contributed by atoms with Gasteiger partial charge < -0.3 is 15.4 Å². The highest BCUT2D eigenvalue weighted by Gasteiger charge is 2.29. The molecule has 0 saturated carbocycles. The number of nitrogens with zero attached hydrogens (tertiary/aromatic N) is 2. The molecular weight excluding hydrogens is 472 g/mol. The zero-order chi connectivity index (χ0) is 18.8. The van der Waals surface area contributed by atoms with Gasteiger partial charge in [0, 0.05) is 31.9 Å². The van der Waals surface area contributed by atoms with Crippen LogP contribution in [0, 0.1) is 0 Å². The highest BCUT2D eigenvalue weighted by atomic mass is 127. The second-order valence-corrected chi connectivity index (χ2v) is 5.37. The smallest absolute Gasteiger partial charge is 0.416 e. The van der Waals surface area contributed by atoms with Gasteiger partial charge in [-0.1, -0.05) is 6.07 Å². The van der Waals surface area contributed by atoms with Crippen molar-refractivity contribution in [1.29, 1.82) is 0 Å². The van der Waals surface area contributed by atoms with Crippen molar-refractivity contribution in [2.24, 2.45) is 4.99 Å². The molecule has 1 aromatic heterocycles. The third-order valence-corrected chi connectivity index (χ3v) is 3.47. The molecule has 0 aliphatic rings. The quantitative estimate of drug-likeness (QED) is 0.268. The summed E-state index contributed by atoms with van der Waals surface area (Å²) in [7, 11) is 1.66. The monoisotopic (exact) mass is 494 g/mol. The fourth-order valence-electron chi connectivity index (χ4n) is 2.15. The maximum absolute atomic E-state index is 12.5. The van der Waals surface area contributed by atoms with E-state index < -0.39 is 11.7 Å². The third kappa shape index (κ3) is 8.46. The van der Waals surface area contributed by atoms with Crippen molar-refractivity contribution in [2.45, 2.75) is 12.6 Å². The van der Waals surface area contributed by atoms with Gasteiger partial charge in [-0.2, -0.15) is 13.2 Å². The van der Waals surface area contributed by atoms with Gasteiger partial charge in [-0.25, -0.2) is 0 Å². The van der Waals surface area contributed by atoms with Crippen LogP contribution < -0.4 is 15.4 Å². The van der Waals surface area contributed by atoms with Gasteiger partial charge in [0.25, 0.3) is 0 Å². The number of pyridine rings is 1. The van der Waals surface area contributed by atoms with Gasteiger partial charge in [-0.05, 0) is 36.4 Å². The van der Waals surface area contributed by atoms with E-state index >= 15 is 0 Å². The molecule has 0 bridgehead atoms. The fraction of sp³-hybridized carbons (Fsp3) is 0.333. The van der Waals surface area contributed by atoms with Gasteiger partial charge >= 0.3 is 6.18 Å². The first-order valence-corrected chi connectivity index (χ1v) is 8.13. The highest BCUT2D eigenvalue weighted by molar-refractivity contribution is 14.0. The van der Waals surface area contributed by atoms with Crippen LogP contribution >= 0.6 is 24.0 Å². The average Bonchev–Trinajstić information content (AvgIpc) is 2.64. The van der Waals surface area contributed by atoms with Crippen LogP contribution in [0.4, 0.5) is 13.2 Å². The lowest BCUT2D eigenvalue weighted by molar-refractivity contribution is -0.137. The molecule has 0 atom stereocenters. The number of guanidine groups is 1. The van der Waals surface area contributed by atoms with E-state index in [-0.39, 0.29) is 24.0 Å². The normalized spacial score (nSPS) is 11.5. The first-order chi connectivity index (χ1) is 12.5. The molecule has 0 fully saturated rings. The molecule has 0 aliphatic heterocycles. The van der Waals surface area contributed by atoms with Crippen LogP contribution in [0.25, 0.3) is 0 Å². The zero-order valence-electron chi connectivity index (χ0n) is 14.8. The van der Waals surface area contributed by atoms with Crippen LogP contribution in [0.15, 0.2) is 53.7 Å². The number of hydrogen-bond donors (Lipinski definition) is 2. The minimum Gasteiger partial charge on any atom is -0.492 e. The molecule has 148 valence electrons. The van der Waals surface area contributed by atoms with Crippen molar-refractivity contribution < 1.29 is 17.9 Å². The maximum atomic E-state index is 12.5. The molecule has 9 heteroatoms. The van der Waals surface area contributed by atoms with E-state index in [1.54, 1.807) is 13.2 Å². The molecule has 0 saturated heterocycles. The molecule has 2 rings (SSSR count). The Labute approximate surface area is 173 Å². The number of halogens is 4. The second kappa shape index (κ2) is 11.6.